The number of nitrogens with zero attached hydrogens (tertiary/aromatic N) is 4. The number of fused-ring (bicyclic) bond motifs is 10. The molecule has 0 atom stereocenters. The minimum atomic E-state index is 1.00. The molecule has 4 aromatic heterocycles. The summed E-state index contributed by atoms with van der Waals surface area (Å²) in [6.45, 7) is 0. The van der Waals surface area contributed by atoms with Gasteiger partial charge < -0.3 is 13.7 Å². The molecular weight excluding hydrogens is 621 g/mol. The van der Waals surface area contributed by atoms with Crippen molar-refractivity contribution in [2.24, 2.45) is 0 Å². The number of aromatic nitrogens is 4. The molecule has 51 heavy (non-hydrogen) atoms. The Morgan fingerprint density at radius 2 is 0.902 bits per heavy atom. The standard InChI is InChI=1S/C47H30N4/c1-3-12-31(13-4-1)32-21-23-34(24-22-32)51-40-18-9-7-16-36(40)37-26-28-43-45(47(37)51)38-17-8-10-19-41(38)50(43)35-25-27-42-39(30-35)46-44(20-11-29-48-46)49(42)33-14-5-2-6-15-33/h1-30H. The molecule has 7 aromatic carbocycles. The Bertz CT molecular complexity index is 3110. The van der Waals surface area contributed by atoms with Crippen LogP contribution in [0.1, 0.15) is 0 Å². The van der Waals surface area contributed by atoms with E-state index in [9.17, 15) is 0 Å². The maximum Gasteiger partial charge on any atom is 0.0964 e. The second-order valence-electron chi connectivity index (χ2n) is 13.2. The van der Waals surface area contributed by atoms with Gasteiger partial charge in [-0.15, -0.1) is 0 Å². The Hall–Kier alpha value is -6.91. The third kappa shape index (κ3) is 4.05. The Balaban J connectivity index is 1.20. The lowest BCUT2D eigenvalue weighted by molar-refractivity contribution is 1.16. The monoisotopic (exact) mass is 650 g/mol. The fourth-order valence-corrected chi connectivity index (χ4v) is 8.31. The molecule has 4 heteroatoms. The van der Waals surface area contributed by atoms with Crippen LogP contribution in [0, 0.1) is 0 Å². The molecule has 0 saturated heterocycles. The normalized spacial score (nSPS) is 11.9. The lowest BCUT2D eigenvalue weighted by Crippen LogP contribution is -1.96. The molecule has 11 rings (SSSR count). The summed E-state index contributed by atoms with van der Waals surface area (Å²) in [5, 5.41) is 6.11. The number of hydrogen-bond acceptors (Lipinski definition) is 1. The van der Waals surface area contributed by atoms with Crippen LogP contribution >= 0.6 is 0 Å². The van der Waals surface area contributed by atoms with Crippen LogP contribution in [0.5, 0.6) is 0 Å². The first-order valence-electron chi connectivity index (χ1n) is 17.4. The van der Waals surface area contributed by atoms with Crippen LogP contribution in [-0.2, 0) is 0 Å². The summed E-state index contributed by atoms with van der Waals surface area (Å²) < 4.78 is 7.20. The van der Waals surface area contributed by atoms with Gasteiger partial charge in [0.05, 0.1) is 38.6 Å². The van der Waals surface area contributed by atoms with Crippen molar-refractivity contribution >= 4 is 65.5 Å². The predicted octanol–water partition coefficient (Wildman–Crippen LogP) is 12.0. The van der Waals surface area contributed by atoms with Gasteiger partial charge in [-0.05, 0) is 83.9 Å². The second-order valence-corrected chi connectivity index (χ2v) is 13.2. The van der Waals surface area contributed by atoms with Crippen LogP contribution in [0.15, 0.2) is 182 Å². The van der Waals surface area contributed by atoms with Crippen LogP contribution in [0.4, 0.5) is 0 Å². The largest absolute Gasteiger partial charge is 0.309 e. The van der Waals surface area contributed by atoms with Crippen LogP contribution < -0.4 is 0 Å². The van der Waals surface area contributed by atoms with E-state index < -0.39 is 0 Å². The number of pyridine rings is 1. The van der Waals surface area contributed by atoms with E-state index in [1.807, 2.05) is 12.3 Å². The molecule has 11 aromatic rings. The summed E-state index contributed by atoms with van der Waals surface area (Å²) in [7, 11) is 0. The van der Waals surface area contributed by atoms with Crippen LogP contribution in [0.25, 0.3) is 93.7 Å². The summed E-state index contributed by atoms with van der Waals surface area (Å²) >= 11 is 0. The fraction of sp³-hybridized carbons (Fsp3) is 0. The van der Waals surface area contributed by atoms with Crippen molar-refractivity contribution in [2.75, 3.05) is 0 Å². The van der Waals surface area contributed by atoms with Gasteiger partial charge in [0.15, 0.2) is 0 Å². The van der Waals surface area contributed by atoms with E-state index in [1.54, 1.807) is 0 Å². The third-order valence-electron chi connectivity index (χ3n) is 10.5. The molecule has 0 aliphatic heterocycles. The molecule has 4 nitrogen and oxygen atoms in total. The highest BCUT2D eigenvalue weighted by atomic mass is 15.0. The maximum absolute atomic E-state index is 4.91. The highest BCUT2D eigenvalue weighted by Crippen LogP contribution is 2.43. The summed E-state index contributed by atoms with van der Waals surface area (Å²) in [6.07, 6.45) is 1.90. The van der Waals surface area contributed by atoms with E-state index in [0.717, 1.165) is 39.0 Å². The van der Waals surface area contributed by atoms with Crippen molar-refractivity contribution in [1.29, 1.82) is 0 Å². The second kappa shape index (κ2) is 10.8. The Morgan fingerprint density at radius 3 is 1.71 bits per heavy atom. The third-order valence-corrected chi connectivity index (χ3v) is 10.5. The van der Waals surface area contributed by atoms with Gasteiger partial charge in [0, 0.05) is 50.2 Å². The van der Waals surface area contributed by atoms with Gasteiger partial charge in [0.2, 0.25) is 0 Å². The van der Waals surface area contributed by atoms with E-state index in [-0.39, 0.29) is 0 Å². The van der Waals surface area contributed by atoms with Gasteiger partial charge in [-0.1, -0.05) is 103 Å². The zero-order valence-corrected chi connectivity index (χ0v) is 27.6. The van der Waals surface area contributed by atoms with Crippen LogP contribution in [0.3, 0.4) is 0 Å². The SMILES string of the molecule is c1ccc(-c2ccc(-n3c4ccccc4c4ccc5c(c6ccccc6n5-c5ccc6c(c5)c5ncccc5n6-c5ccccc5)c43)cc2)cc1. The Kier molecular flexibility index (Phi) is 5.92. The van der Waals surface area contributed by atoms with Gasteiger partial charge >= 0.3 is 0 Å². The van der Waals surface area contributed by atoms with Crippen molar-refractivity contribution in [3.63, 3.8) is 0 Å². The fourth-order valence-electron chi connectivity index (χ4n) is 8.31. The predicted molar refractivity (Wildman–Crippen MR) is 213 cm³/mol. The zero-order chi connectivity index (χ0) is 33.5. The molecule has 0 amide bonds. The van der Waals surface area contributed by atoms with Gasteiger partial charge in [0.1, 0.15) is 0 Å². The molecule has 0 aliphatic carbocycles. The molecule has 0 N–H and O–H groups in total. The van der Waals surface area contributed by atoms with Gasteiger partial charge in [-0.2, -0.15) is 0 Å². The molecule has 0 spiro atoms. The average Bonchev–Trinajstić information content (AvgIpc) is 3.84. The molecule has 0 radical (unpaired) electrons. The topological polar surface area (TPSA) is 27.7 Å². The van der Waals surface area contributed by atoms with E-state index in [4.69, 9.17) is 4.98 Å². The lowest BCUT2D eigenvalue weighted by atomic mass is 10.1. The van der Waals surface area contributed by atoms with Gasteiger partial charge in [0.25, 0.3) is 0 Å². The average molecular weight is 651 g/mol. The van der Waals surface area contributed by atoms with Crippen molar-refractivity contribution in [3.05, 3.63) is 182 Å². The minimum absolute atomic E-state index is 1.00. The summed E-state index contributed by atoms with van der Waals surface area (Å²) in [6, 6.07) is 63.4. The number of rotatable bonds is 4. The quantitative estimate of drug-likeness (QED) is 0.186. The summed E-state index contributed by atoms with van der Waals surface area (Å²) in [5.41, 5.74) is 13.8. The summed E-state index contributed by atoms with van der Waals surface area (Å²) in [5.74, 6) is 0. The van der Waals surface area contributed by atoms with Crippen LogP contribution in [-0.4, -0.2) is 18.7 Å². The molecule has 4 heterocycles. The zero-order valence-electron chi connectivity index (χ0n) is 27.6. The van der Waals surface area contributed by atoms with Crippen molar-refractivity contribution in [3.8, 4) is 28.2 Å². The Labute approximate surface area is 293 Å². The number of para-hydroxylation sites is 3. The van der Waals surface area contributed by atoms with Gasteiger partial charge in [-0.25, -0.2) is 0 Å². The van der Waals surface area contributed by atoms with Crippen molar-refractivity contribution in [2.45, 2.75) is 0 Å². The number of benzene rings is 7. The first-order valence-corrected chi connectivity index (χ1v) is 17.4. The van der Waals surface area contributed by atoms with Gasteiger partial charge in [-0.3, -0.25) is 4.98 Å². The highest BCUT2D eigenvalue weighted by molar-refractivity contribution is 6.26. The van der Waals surface area contributed by atoms with E-state index >= 15 is 0 Å². The van der Waals surface area contributed by atoms with Crippen LogP contribution in [0.2, 0.25) is 0 Å². The lowest BCUT2D eigenvalue weighted by Gasteiger charge is -2.11. The molecular formula is C47H30N4. The Morgan fingerprint density at radius 1 is 0.333 bits per heavy atom. The molecule has 0 saturated carbocycles. The molecule has 238 valence electrons. The smallest absolute Gasteiger partial charge is 0.0964 e. The first kappa shape index (κ1) is 28.0. The molecule has 0 bridgehead atoms. The molecule has 0 aliphatic rings. The highest BCUT2D eigenvalue weighted by Gasteiger charge is 2.22. The summed E-state index contributed by atoms with van der Waals surface area (Å²) in [4.78, 5) is 4.91. The maximum atomic E-state index is 4.91. The first-order chi connectivity index (χ1) is 25.3. The molecule has 0 unspecified atom stereocenters. The van der Waals surface area contributed by atoms with Crippen molar-refractivity contribution in [1.82, 2.24) is 18.7 Å². The number of hydrogen-bond donors (Lipinski definition) is 0. The van der Waals surface area contributed by atoms with E-state index in [0.29, 0.717) is 0 Å². The van der Waals surface area contributed by atoms with E-state index in [2.05, 4.69) is 184 Å². The molecule has 0 fully saturated rings. The van der Waals surface area contributed by atoms with E-state index in [1.165, 1.54) is 54.7 Å². The minimum Gasteiger partial charge on any atom is -0.309 e. The van der Waals surface area contributed by atoms with Crippen molar-refractivity contribution < 1.29 is 0 Å².